The third-order valence-electron chi connectivity index (χ3n) is 4.37. The molecule has 0 aromatic carbocycles. The largest absolute Gasteiger partial charge is 0.391 e. The molecule has 1 aliphatic rings. The lowest BCUT2D eigenvalue weighted by molar-refractivity contribution is -0.00535. The lowest BCUT2D eigenvalue weighted by Gasteiger charge is -2.23. The average molecular weight is 384 g/mol. The Labute approximate surface area is 156 Å². The van der Waals surface area contributed by atoms with Crippen molar-refractivity contribution in [3.63, 3.8) is 0 Å². The van der Waals surface area contributed by atoms with Crippen molar-refractivity contribution < 1.29 is 14.2 Å². The standard InChI is InChI=1S/C12H13ClFN5.C5H10O2/c1-6(12(2,3)14)10-7(4-15)9(13)8-5-17-11(16)18-19(8)10;6-5-2-1-3-7-4-5/h5-6H,1-3H3,(H2,16,18);5-6H,1-4H2. The van der Waals surface area contributed by atoms with Crippen LogP contribution in [0.1, 0.15) is 50.8 Å². The van der Waals surface area contributed by atoms with Gasteiger partial charge in [0.25, 0.3) is 0 Å². The Bertz CT molecular complexity index is 806. The highest BCUT2D eigenvalue weighted by atomic mass is 35.5. The van der Waals surface area contributed by atoms with Gasteiger partial charge in [0.1, 0.15) is 17.3 Å². The molecule has 142 valence electrons. The van der Waals surface area contributed by atoms with Crippen LogP contribution in [0.25, 0.3) is 5.52 Å². The number of hydrogen-bond donors (Lipinski definition) is 2. The predicted molar refractivity (Wildman–Crippen MR) is 96.8 cm³/mol. The number of nitrogen functional groups attached to an aromatic ring is 1. The Balaban J connectivity index is 0.000000290. The van der Waals surface area contributed by atoms with E-state index in [0.29, 0.717) is 17.8 Å². The summed E-state index contributed by atoms with van der Waals surface area (Å²) < 4.78 is 20.5. The smallest absolute Gasteiger partial charge is 0.238 e. The summed E-state index contributed by atoms with van der Waals surface area (Å²) in [6, 6.07) is 2.00. The summed E-state index contributed by atoms with van der Waals surface area (Å²) in [5, 5.41) is 22.3. The van der Waals surface area contributed by atoms with Crippen molar-refractivity contribution in [2.75, 3.05) is 18.9 Å². The molecule has 2 aromatic heterocycles. The zero-order valence-electron chi connectivity index (χ0n) is 15.0. The number of aromatic nitrogens is 3. The fraction of sp³-hybridized carbons (Fsp3) is 0.588. The van der Waals surface area contributed by atoms with Gasteiger partial charge in [0.05, 0.1) is 35.2 Å². The second-order valence-corrected chi connectivity index (χ2v) is 7.13. The molecule has 0 aliphatic carbocycles. The van der Waals surface area contributed by atoms with Crippen molar-refractivity contribution in [3.8, 4) is 6.07 Å². The molecule has 1 saturated heterocycles. The maximum absolute atomic E-state index is 14.2. The Morgan fingerprint density at radius 2 is 2.27 bits per heavy atom. The summed E-state index contributed by atoms with van der Waals surface area (Å²) in [5.41, 5.74) is 5.07. The Morgan fingerprint density at radius 3 is 2.73 bits per heavy atom. The van der Waals surface area contributed by atoms with Crippen LogP contribution < -0.4 is 5.73 Å². The number of aliphatic hydroxyl groups is 1. The summed E-state index contributed by atoms with van der Waals surface area (Å²) >= 11 is 6.12. The first kappa shape index (κ1) is 20.4. The number of nitrogens with zero attached hydrogens (tertiary/aromatic N) is 4. The second-order valence-electron chi connectivity index (χ2n) is 6.76. The summed E-state index contributed by atoms with van der Waals surface area (Å²) in [5.74, 6) is -0.537. The van der Waals surface area contributed by atoms with E-state index in [9.17, 15) is 9.65 Å². The topological polar surface area (TPSA) is 109 Å². The number of rotatable bonds is 2. The Hall–Kier alpha value is -1.95. The molecule has 3 N–H and O–H groups in total. The van der Waals surface area contributed by atoms with Crippen molar-refractivity contribution in [2.24, 2.45) is 0 Å². The minimum atomic E-state index is -1.52. The van der Waals surface area contributed by atoms with Gasteiger partial charge in [-0.2, -0.15) is 5.26 Å². The Morgan fingerprint density at radius 1 is 1.58 bits per heavy atom. The van der Waals surface area contributed by atoms with E-state index in [2.05, 4.69) is 10.1 Å². The van der Waals surface area contributed by atoms with E-state index in [1.54, 1.807) is 6.92 Å². The number of halogens is 2. The van der Waals surface area contributed by atoms with Gasteiger partial charge in [0, 0.05) is 12.5 Å². The van der Waals surface area contributed by atoms with E-state index in [1.165, 1.54) is 24.6 Å². The summed E-state index contributed by atoms with van der Waals surface area (Å²) in [7, 11) is 0. The molecule has 2 aromatic rings. The van der Waals surface area contributed by atoms with Gasteiger partial charge in [-0.15, -0.1) is 5.10 Å². The van der Waals surface area contributed by atoms with Crippen LogP contribution in [0.5, 0.6) is 0 Å². The number of ether oxygens (including phenoxy) is 1. The highest BCUT2D eigenvalue weighted by Crippen LogP contribution is 2.37. The van der Waals surface area contributed by atoms with E-state index in [4.69, 9.17) is 27.2 Å². The molecule has 3 heterocycles. The summed E-state index contributed by atoms with van der Waals surface area (Å²) in [4.78, 5) is 3.84. The first-order valence-corrected chi connectivity index (χ1v) is 8.72. The lowest BCUT2D eigenvalue weighted by atomic mass is 9.90. The van der Waals surface area contributed by atoms with Crippen LogP contribution in [-0.2, 0) is 4.74 Å². The van der Waals surface area contributed by atoms with Crippen molar-refractivity contribution in [2.45, 2.75) is 51.3 Å². The maximum Gasteiger partial charge on any atom is 0.238 e. The van der Waals surface area contributed by atoms with Gasteiger partial charge in [-0.25, -0.2) is 13.9 Å². The predicted octanol–water partition coefficient (Wildman–Crippen LogP) is 2.85. The number of nitrogens with two attached hydrogens (primary N) is 1. The molecule has 9 heteroatoms. The fourth-order valence-corrected chi connectivity index (χ4v) is 2.87. The molecule has 0 spiro atoms. The van der Waals surface area contributed by atoms with Crippen LogP contribution in [0, 0.1) is 11.3 Å². The number of hydrogen-bond acceptors (Lipinski definition) is 6. The zero-order chi connectivity index (χ0) is 19.5. The van der Waals surface area contributed by atoms with Crippen molar-refractivity contribution in [1.82, 2.24) is 14.6 Å². The van der Waals surface area contributed by atoms with E-state index in [1.807, 2.05) is 6.07 Å². The zero-order valence-corrected chi connectivity index (χ0v) is 15.8. The summed E-state index contributed by atoms with van der Waals surface area (Å²) in [6.07, 6.45) is 3.17. The minimum absolute atomic E-state index is 0.0359. The molecule has 0 bridgehead atoms. The van der Waals surface area contributed by atoms with Gasteiger partial charge in [0.15, 0.2) is 0 Å². The van der Waals surface area contributed by atoms with Crippen molar-refractivity contribution in [3.05, 3.63) is 22.5 Å². The molecule has 2 atom stereocenters. The van der Waals surface area contributed by atoms with Crippen LogP contribution in [0.4, 0.5) is 10.3 Å². The lowest BCUT2D eigenvalue weighted by Crippen LogP contribution is -2.23. The molecule has 1 fully saturated rings. The fourth-order valence-electron chi connectivity index (χ4n) is 2.60. The van der Waals surface area contributed by atoms with E-state index < -0.39 is 11.6 Å². The maximum atomic E-state index is 14.2. The molecular weight excluding hydrogens is 361 g/mol. The number of nitriles is 1. The molecule has 7 nitrogen and oxygen atoms in total. The van der Waals surface area contributed by atoms with E-state index >= 15 is 0 Å². The number of alkyl halides is 1. The third-order valence-corrected chi connectivity index (χ3v) is 4.75. The minimum Gasteiger partial charge on any atom is -0.391 e. The highest BCUT2D eigenvalue weighted by Gasteiger charge is 2.33. The van der Waals surface area contributed by atoms with Gasteiger partial charge in [-0.1, -0.05) is 18.5 Å². The Kier molecular flexibility index (Phi) is 6.39. The van der Waals surface area contributed by atoms with Crippen molar-refractivity contribution >= 4 is 23.1 Å². The second kappa shape index (κ2) is 8.16. The van der Waals surface area contributed by atoms with Gasteiger partial charge >= 0.3 is 0 Å². The van der Waals surface area contributed by atoms with Crippen LogP contribution in [-0.4, -0.2) is 44.7 Å². The third kappa shape index (κ3) is 4.41. The molecule has 0 radical (unpaired) electrons. The van der Waals surface area contributed by atoms with Crippen LogP contribution >= 0.6 is 11.6 Å². The number of aliphatic hydroxyl groups excluding tert-OH is 1. The highest BCUT2D eigenvalue weighted by molar-refractivity contribution is 6.35. The number of fused-ring (bicyclic) bond motifs is 1. The monoisotopic (exact) mass is 383 g/mol. The van der Waals surface area contributed by atoms with E-state index in [-0.39, 0.29) is 22.6 Å². The molecule has 1 aliphatic heterocycles. The van der Waals surface area contributed by atoms with Gasteiger partial charge in [-0.3, -0.25) is 0 Å². The van der Waals surface area contributed by atoms with Gasteiger partial charge in [-0.05, 0) is 26.7 Å². The molecular formula is C17H23ClFN5O2. The SMILES string of the molecule is CC(c1c(C#N)c(Cl)c2cnc(N)nn12)C(C)(C)F.OC1CCCOC1. The molecule has 2 unspecified atom stereocenters. The first-order valence-electron chi connectivity index (χ1n) is 8.34. The first-order chi connectivity index (χ1) is 12.2. The molecule has 26 heavy (non-hydrogen) atoms. The van der Waals surface area contributed by atoms with Gasteiger partial charge < -0.3 is 15.6 Å². The number of anilines is 1. The molecule has 0 saturated carbocycles. The average Bonchev–Trinajstić information content (AvgIpc) is 2.85. The normalized spacial score (nSPS) is 18.7. The molecule has 0 amide bonds. The van der Waals surface area contributed by atoms with Crippen LogP contribution in [0.3, 0.4) is 0 Å². The van der Waals surface area contributed by atoms with E-state index in [0.717, 1.165) is 19.4 Å². The van der Waals surface area contributed by atoms with Gasteiger partial charge in [0.2, 0.25) is 5.95 Å². The van der Waals surface area contributed by atoms with Crippen LogP contribution in [0.15, 0.2) is 6.20 Å². The summed E-state index contributed by atoms with van der Waals surface area (Å²) in [6.45, 7) is 5.93. The molecule has 3 rings (SSSR count). The quantitative estimate of drug-likeness (QED) is 0.825. The van der Waals surface area contributed by atoms with Crippen LogP contribution in [0.2, 0.25) is 5.02 Å². The van der Waals surface area contributed by atoms with Crippen molar-refractivity contribution in [1.29, 1.82) is 5.26 Å².